The van der Waals surface area contributed by atoms with Crippen molar-refractivity contribution >= 4 is 27.9 Å². The number of primary amides is 1. The van der Waals surface area contributed by atoms with Gasteiger partial charge in [0.2, 0.25) is 0 Å². The summed E-state index contributed by atoms with van der Waals surface area (Å²) in [5.74, 6) is 0.636. The van der Waals surface area contributed by atoms with Crippen molar-refractivity contribution in [1.82, 2.24) is 4.90 Å². The van der Waals surface area contributed by atoms with Crippen molar-refractivity contribution in [2.24, 2.45) is 11.7 Å². The summed E-state index contributed by atoms with van der Waals surface area (Å²) >= 11 is 1.27. The molecule has 0 spiro atoms. The minimum atomic E-state index is -0.514. The van der Waals surface area contributed by atoms with Crippen LogP contribution in [-0.2, 0) is 0 Å². The summed E-state index contributed by atoms with van der Waals surface area (Å²) in [4.78, 5) is 14.1. The lowest BCUT2D eigenvalue weighted by atomic mass is 10.1. The van der Waals surface area contributed by atoms with Crippen LogP contribution in [0.3, 0.4) is 0 Å². The number of rotatable bonds is 6. The van der Waals surface area contributed by atoms with Crippen LogP contribution in [-0.4, -0.2) is 43.6 Å². The van der Waals surface area contributed by atoms with Gasteiger partial charge in [-0.3, -0.25) is 4.79 Å². The summed E-state index contributed by atoms with van der Waals surface area (Å²) in [6.45, 7) is 6.90. The Morgan fingerprint density at radius 1 is 1.57 bits per heavy atom. The molecular formula is C14H24N4O2S. The van der Waals surface area contributed by atoms with Gasteiger partial charge in [-0.15, -0.1) is 11.3 Å². The predicted octanol–water partition coefficient (Wildman–Crippen LogP) is 1.58. The number of carbonyl (C=O) groups is 1. The van der Waals surface area contributed by atoms with Gasteiger partial charge >= 0.3 is 0 Å². The molecule has 1 aliphatic heterocycles. The minimum Gasteiger partial charge on any atom is -0.486 e. The second-order valence-corrected chi connectivity index (χ2v) is 6.85. The molecular weight excluding hydrogens is 288 g/mol. The molecule has 1 saturated heterocycles. The van der Waals surface area contributed by atoms with Gasteiger partial charge in [0.25, 0.3) is 5.91 Å². The first-order valence-corrected chi connectivity index (χ1v) is 8.01. The molecule has 0 aromatic carbocycles. The number of likely N-dealkylation sites (tertiary alicyclic amines) is 1. The van der Waals surface area contributed by atoms with Crippen LogP contribution in [0.25, 0.3) is 0 Å². The highest BCUT2D eigenvalue weighted by Gasteiger charge is 2.24. The topological polar surface area (TPSA) is 93.6 Å². The summed E-state index contributed by atoms with van der Waals surface area (Å²) in [7, 11) is 2.13. The first-order chi connectivity index (χ1) is 9.88. The number of amides is 1. The van der Waals surface area contributed by atoms with E-state index in [2.05, 4.69) is 17.3 Å². The Hall–Kier alpha value is -1.47. The van der Waals surface area contributed by atoms with E-state index < -0.39 is 5.91 Å². The van der Waals surface area contributed by atoms with Gasteiger partial charge in [-0.05, 0) is 39.8 Å². The number of nitrogens with two attached hydrogens (primary N) is 2. The molecule has 2 heterocycles. The fourth-order valence-electron chi connectivity index (χ4n) is 2.51. The third-order valence-electron chi connectivity index (χ3n) is 3.52. The molecule has 118 valence electrons. The lowest BCUT2D eigenvalue weighted by Crippen LogP contribution is -2.19. The van der Waals surface area contributed by atoms with E-state index in [0.717, 1.165) is 24.6 Å². The number of hydrogen-bond acceptors (Lipinski definition) is 6. The Balaban J connectivity index is 2.12. The number of anilines is 2. The van der Waals surface area contributed by atoms with Gasteiger partial charge in [-0.2, -0.15) is 0 Å². The van der Waals surface area contributed by atoms with Crippen LogP contribution < -0.4 is 21.5 Å². The summed E-state index contributed by atoms with van der Waals surface area (Å²) in [6, 6.07) is 0. The van der Waals surface area contributed by atoms with E-state index in [4.69, 9.17) is 16.2 Å². The maximum Gasteiger partial charge on any atom is 0.261 e. The van der Waals surface area contributed by atoms with Crippen LogP contribution in [0.15, 0.2) is 0 Å². The molecule has 1 aromatic heterocycles. The Morgan fingerprint density at radius 2 is 2.29 bits per heavy atom. The molecule has 5 N–H and O–H groups in total. The van der Waals surface area contributed by atoms with Gasteiger partial charge < -0.3 is 26.4 Å². The van der Waals surface area contributed by atoms with Gasteiger partial charge in [-0.1, -0.05) is 0 Å². The van der Waals surface area contributed by atoms with Crippen LogP contribution in [0, 0.1) is 5.92 Å². The number of nitrogen functional groups attached to an aromatic ring is 1. The number of carbonyl (C=O) groups excluding carboxylic acids is 1. The molecule has 0 bridgehead atoms. The summed E-state index contributed by atoms with van der Waals surface area (Å²) in [6.07, 6.45) is 1.16. The third kappa shape index (κ3) is 3.79. The van der Waals surface area contributed by atoms with Crippen molar-refractivity contribution in [3.05, 3.63) is 4.88 Å². The summed E-state index contributed by atoms with van der Waals surface area (Å²) in [5, 5.41) is 4.17. The molecule has 1 atom stereocenters. The molecule has 6 nitrogen and oxygen atoms in total. The molecule has 0 aliphatic carbocycles. The average molecular weight is 312 g/mol. The first-order valence-electron chi connectivity index (χ1n) is 7.19. The van der Waals surface area contributed by atoms with Crippen LogP contribution >= 0.6 is 11.3 Å². The van der Waals surface area contributed by atoms with Crippen molar-refractivity contribution < 1.29 is 9.53 Å². The highest BCUT2D eigenvalue weighted by molar-refractivity contribution is 7.19. The van der Waals surface area contributed by atoms with E-state index in [1.807, 2.05) is 13.8 Å². The van der Waals surface area contributed by atoms with E-state index in [-0.39, 0.29) is 6.10 Å². The van der Waals surface area contributed by atoms with E-state index >= 15 is 0 Å². The second-order valence-electron chi connectivity index (χ2n) is 5.83. The van der Waals surface area contributed by atoms with Crippen molar-refractivity contribution in [1.29, 1.82) is 0 Å². The standard InChI is InChI=1S/C14H24N4O2S/c1-8(2)20-11-10(15)12(13(16)19)21-14(11)17-6-9-4-5-18(3)7-9/h8-9,17H,4-7,15H2,1-3H3,(H2,16,19). The number of hydrogen-bond donors (Lipinski definition) is 3. The van der Waals surface area contributed by atoms with Crippen LogP contribution in [0.1, 0.15) is 29.9 Å². The molecule has 1 amide bonds. The number of ether oxygens (including phenoxy) is 1. The molecule has 7 heteroatoms. The van der Waals surface area contributed by atoms with Gasteiger partial charge in [-0.25, -0.2) is 0 Å². The largest absolute Gasteiger partial charge is 0.486 e. The molecule has 1 aliphatic rings. The zero-order chi connectivity index (χ0) is 15.6. The number of nitrogens with zero attached hydrogens (tertiary/aromatic N) is 1. The predicted molar refractivity (Wildman–Crippen MR) is 87.1 cm³/mol. The van der Waals surface area contributed by atoms with Gasteiger partial charge in [0.1, 0.15) is 15.6 Å². The number of nitrogens with one attached hydrogen (secondary N) is 1. The molecule has 0 saturated carbocycles. The SMILES string of the molecule is CC(C)Oc1c(NCC2CCN(C)C2)sc(C(N)=O)c1N. The normalized spacial score (nSPS) is 19.1. The highest BCUT2D eigenvalue weighted by atomic mass is 32.1. The van der Waals surface area contributed by atoms with Crippen LogP contribution in [0.4, 0.5) is 10.7 Å². The summed E-state index contributed by atoms with van der Waals surface area (Å²) in [5.41, 5.74) is 11.7. The van der Waals surface area contributed by atoms with Crippen molar-refractivity contribution in [2.75, 3.05) is 37.7 Å². The molecule has 1 fully saturated rings. The van der Waals surface area contributed by atoms with Crippen molar-refractivity contribution in [3.8, 4) is 5.75 Å². The summed E-state index contributed by atoms with van der Waals surface area (Å²) < 4.78 is 5.75. The maximum absolute atomic E-state index is 11.4. The van der Waals surface area contributed by atoms with E-state index in [1.54, 1.807) is 0 Å². The lowest BCUT2D eigenvalue weighted by Gasteiger charge is -2.15. The van der Waals surface area contributed by atoms with Gasteiger partial charge in [0.15, 0.2) is 5.75 Å². The van der Waals surface area contributed by atoms with Crippen molar-refractivity contribution in [3.63, 3.8) is 0 Å². The fraction of sp³-hybridized carbons (Fsp3) is 0.643. The highest BCUT2D eigenvalue weighted by Crippen LogP contribution is 2.43. The zero-order valence-corrected chi connectivity index (χ0v) is 13.6. The molecule has 1 unspecified atom stereocenters. The minimum absolute atomic E-state index is 0.0132. The van der Waals surface area contributed by atoms with E-state index in [0.29, 0.717) is 22.2 Å². The lowest BCUT2D eigenvalue weighted by molar-refractivity contribution is 0.100. The molecule has 1 aromatic rings. The molecule has 2 rings (SSSR count). The van der Waals surface area contributed by atoms with Gasteiger partial charge in [0, 0.05) is 13.1 Å². The Bertz CT molecular complexity index is 515. The second kappa shape index (κ2) is 6.53. The number of thiophene rings is 1. The smallest absolute Gasteiger partial charge is 0.261 e. The third-order valence-corrected chi connectivity index (χ3v) is 4.68. The quantitative estimate of drug-likeness (QED) is 0.741. The zero-order valence-electron chi connectivity index (χ0n) is 12.8. The Labute approximate surface area is 129 Å². The van der Waals surface area contributed by atoms with Crippen LogP contribution in [0.5, 0.6) is 5.75 Å². The van der Waals surface area contributed by atoms with E-state index in [9.17, 15) is 4.79 Å². The van der Waals surface area contributed by atoms with E-state index in [1.165, 1.54) is 17.8 Å². The molecule has 0 radical (unpaired) electrons. The molecule has 21 heavy (non-hydrogen) atoms. The average Bonchev–Trinajstić information content (AvgIpc) is 2.93. The fourth-order valence-corrected chi connectivity index (χ4v) is 3.42. The first kappa shape index (κ1) is 15.9. The Kier molecular flexibility index (Phi) is 4.95. The Morgan fingerprint density at radius 3 is 2.81 bits per heavy atom. The monoisotopic (exact) mass is 312 g/mol. The maximum atomic E-state index is 11.4. The van der Waals surface area contributed by atoms with Gasteiger partial charge in [0.05, 0.1) is 6.10 Å². The van der Waals surface area contributed by atoms with Crippen molar-refractivity contribution in [2.45, 2.75) is 26.4 Å². The van der Waals surface area contributed by atoms with Crippen LogP contribution in [0.2, 0.25) is 0 Å².